The lowest BCUT2D eigenvalue weighted by Crippen LogP contribution is -2.22. The van der Waals surface area contributed by atoms with Crippen LogP contribution in [-0.4, -0.2) is 29.4 Å². The molecular weight excluding hydrogens is 246 g/mol. The van der Waals surface area contributed by atoms with Crippen LogP contribution in [0.25, 0.3) is 0 Å². The Hall–Kier alpha value is -0.830. The third-order valence-electron chi connectivity index (χ3n) is 2.92. The molecule has 3 nitrogen and oxygen atoms in total. The van der Waals surface area contributed by atoms with E-state index in [0.717, 1.165) is 49.0 Å². The molecule has 0 aliphatic rings. The highest BCUT2D eigenvalue weighted by Crippen LogP contribution is 2.16. The van der Waals surface area contributed by atoms with Gasteiger partial charge in [0.25, 0.3) is 0 Å². The van der Waals surface area contributed by atoms with Gasteiger partial charge in [-0.25, -0.2) is 9.97 Å². The zero-order valence-corrected chi connectivity index (χ0v) is 12.7. The maximum absolute atomic E-state index is 5.67. The largest absolute Gasteiger partial charge is 0.344 e. The van der Waals surface area contributed by atoms with E-state index in [2.05, 4.69) is 41.8 Å². The molecule has 4 heteroatoms. The lowest BCUT2D eigenvalue weighted by atomic mass is 10.1. The topological polar surface area (TPSA) is 29.0 Å². The van der Waals surface area contributed by atoms with Crippen molar-refractivity contribution in [2.75, 3.05) is 24.4 Å². The van der Waals surface area contributed by atoms with Crippen molar-refractivity contribution < 1.29 is 0 Å². The molecule has 102 valence electrons. The quantitative estimate of drug-likeness (QED) is 0.558. The number of aromatic nitrogens is 2. The molecule has 0 aliphatic carbocycles. The van der Waals surface area contributed by atoms with Crippen LogP contribution in [0.1, 0.15) is 50.4 Å². The van der Waals surface area contributed by atoms with E-state index < -0.39 is 0 Å². The number of anilines is 1. The molecule has 1 rings (SSSR count). The summed E-state index contributed by atoms with van der Waals surface area (Å²) < 4.78 is 0. The second-order valence-corrected chi connectivity index (χ2v) is 5.44. The summed E-state index contributed by atoms with van der Waals surface area (Å²) in [5.74, 6) is 2.03. The van der Waals surface area contributed by atoms with Crippen LogP contribution in [0, 0.1) is 6.92 Å². The Labute approximate surface area is 116 Å². The Morgan fingerprint density at radius 3 is 2.56 bits per heavy atom. The maximum Gasteiger partial charge on any atom is 0.225 e. The van der Waals surface area contributed by atoms with Crippen LogP contribution in [0.5, 0.6) is 0 Å². The minimum atomic E-state index is 0.440. The van der Waals surface area contributed by atoms with Gasteiger partial charge in [-0.1, -0.05) is 20.3 Å². The van der Waals surface area contributed by atoms with E-state index in [-0.39, 0.29) is 0 Å². The number of hydrogen-bond acceptors (Lipinski definition) is 3. The van der Waals surface area contributed by atoms with Crippen molar-refractivity contribution in [3.8, 4) is 0 Å². The predicted octanol–water partition coefficient (Wildman–Crippen LogP) is 3.75. The van der Waals surface area contributed by atoms with Crippen molar-refractivity contribution in [3.05, 3.63) is 17.5 Å². The van der Waals surface area contributed by atoms with E-state index in [0.29, 0.717) is 5.92 Å². The highest BCUT2D eigenvalue weighted by molar-refractivity contribution is 6.17. The summed E-state index contributed by atoms with van der Waals surface area (Å²) in [5, 5.41) is 0. The minimum absolute atomic E-state index is 0.440. The minimum Gasteiger partial charge on any atom is -0.344 e. The zero-order valence-electron chi connectivity index (χ0n) is 11.9. The van der Waals surface area contributed by atoms with Gasteiger partial charge in [-0.15, -0.1) is 11.6 Å². The van der Waals surface area contributed by atoms with Gasteiger partial charge in [-0.05, 0) is 31.7 Å². The molecule has 0 aliphatic heterocycles. The second kappa shape index (κ2) is 7.57. The standard InChI is InChI=1S/C14H24ClN3/c1-11(2)13-10-12(3)16-14(17-13)18(4)9-7-5-6-8-15/h10-11H,5-9H2,1-4H3. The fraction of sp³-hybridized carbons (Fsp3) is 0.714. The van der Waals surface area contributed by atoms with Crippen LogP contribution in [-0.2, 0) is 0 Å². The average Bonchev–Trinajstić information content (AvgIpc) is 2.33. The smallest absolute Gasteiger partial charge is 0.225 e. The van der Waals surface area contributed by atoms with Crippen LogP contribution >= 0.6 is 11.6 Å². The van der Waals surface area contributed by atoms with E-state index in [1.54, 1.807) is 0 Å². The number of halogens is 1. The van der Waals surface area contributed by atoms with Crippen LogP contribution in [0.15, 0.2) is 6.07 Å². The molecule has 18 heavy (non-hydrogen) atoms. The molecule has 1 aromatic heterocycles. The van der Waals surface area contributed by atoms with Crippen molar-refractivity contribution in [2.24, 2.45) is 0 Å². The predicted molar refractivity (Wildman–Crippen MR) is 78.7 cm³/mol. The zero-order chi connectivity index (χ0) is 13.5. The molecule has 0 N–H and O–H groups in total. The lowest BCUT2D eigenvalue weighted by molar-refractivity contribution is 0.693. The molecule has 1 aromatic rings. The van der Waals surface area contributed by atoms with Gasteiger partial charge in [0.05, 0.1) is 0 Å². The summed E-state index contributed by atoms with van der Waals surface area (Å²) in [4.78, 5) is 11.3. The Morgan fingerprint density at radius 1 is 1.22 bits per heavy atom. The molecule has 0 spiro atoms. The first-order valence-corrected chi connectivity index (χ1v) is 7.20. The molecule has 0 radical (unpaired) electrons. The summed E-state index contributed by atoms with van der Waals surface area (Å²) in [7, 11) is 2.06. The van der Waals surface area contributed by atoms with Crippen LogP contribution < -0.4 is 4.90 Å². The Kier molecular flexibility index (Phi) is 6.41. The van der Waals surface area contributed by atoms with Gasteiger partial charge < -0.3 is 4.90 Å². The molecule has 0 saturated carbocycles. The number of rotatable bonds is 7. The average molecular weight is 270 g/mol. The molecule has 0 saturated heterocycles. The highest BCUT2D eigenvalue weighted by atomic mass is 35.5. The van der Waals surface area contributed by atoms with E-state index in [4.69, 9.17) is 11.6 Å². The molecule has 0 atom stereocenters. The van der Waals surface area contributed by atoms with Gasteiger partial charge >= 0.3 is 0 Å². The van der Waals surface area contributed by atoms with E-state index in [1.165, 1.54) is 0 Å². The van der Waals surface area contributed by atoms with Crippen molar-refractivity contribution in [3.63, 3.8) is 0 Å². The van der Waals surface area contributed by atoms with Crippen molar-refractivity contribution in [1.82, 2.24) is 9.97 Å². The highest BCUT2D eigenvalue weighted by Gasteiger charge is 2.09. The van der Waals surface area contributed by atoms with Gasteiger partial charge in [0.2, 0.25) is 5.95 Å². The van der Waals surface area contributed by atoms with Crippen molar-refractivity contribution >= 4 is 17.5 Å². The third-order valence-corrected chi connectivity index (χ3v) is 3.19. The summed E-state index contributed by atoms with van der Waals surface area (Å²) in [6.07, 6.45) is 3.38. The molecule has 0 aromatic carbocycles. The Balaban J connectivity index is 2.64. The Bertz CT molecular complexity index is 366. The number of alkyl halides is 1. The fourth-order valence-electron chi connectivity index (χ4n) is 1.76. The van der Waals surface area contributed by atoms with Gasteiger partial charge in [0.1, 0.15) is 0 Å². The maximum atomic E-state index is 5.67. The molecule has 0 bridgehead atoms. The van der Waals surface area contributed by atoms with E-state index in [1.807, 2.05) is 6.92 Å². The molecule has 0 unspecified atom stereocenters. The number of hydrogen-bond donors (Lipinski definition) is 0. The van der Waals surface area contributed by atoms with E-state index in [9.17, 15) is 0 Å². The number of nitrogens with zero attached hydrogens (tertiary/aromatic N) is 3. The van der Waals surface area contributed by atoms with E-state index >= 15 is 0 Å². The van der Waals surface area contributed by atoms with Gasteiger partial charge in [-0.2, -0.15) is 0 Å². The molecule has 1 heterocycles. The van der Waals surface area contributed by atoms with Crippen molar-refractivity contribution in [1.29, 1.82) is 0 Å². The first-order valence-electron chi connectivity index (χ1n) is 6.67. The monoisotopic (exact) mass is 269 g/mol. The Morgan fingerprint density at radius 2 is 1.94 bits per heavy atom. The van der Waals surface area contributed by atoms with Gasteiger partial charge in [0.15, 0.2) is 0 Å². The molecular formula is C14H24ClN3. The van der Waals surface area contributed by atoms with Gasteiger partial charge in [-0.3, -0.25) is 0 Å². The molecule has 0 amide bonds. The second-order valence-electron chi connectivity index (χ2n) is 5.06. The van der Waals surface area contributed by atoms with Crippen LogP contribution in [0.3, 0.4) is 0 Å². The summed E-state index contributed by atoms with van der Waals surface area (Å²) in [5.41, 5.74) is 2.15. The summed E-state index contributed by atoms with van der Waals surface area (Å²) in [6, 6.07) is 2.06. The van der Waals surface area contributed by atoms with Crippen LogP contribution in [0.2, 0.25) is 0 Å². The lowest BCUT2D eigenvalue weighted by Gasteiger charge is -2.18. The molecule has 0 fully saturated rings. The summed E-state index contributed by atoms with van der Waals surface area (Å²) >= 11 is 5.67. The van der Waals surface area contributed by atoms with Crippen molar-refractivity contribution in [2.45, 2.75) is 46.0 Å². The first kappa shape index (κ1) is 15.2. The summed E-state index contributed by atoms with van der Waals surface area (Å²) in [6.45, 7) is 7.33. The van der Waals surface area contributed by atoms with Gasteiger partial charge in [0, 0.05) is 30.9 Å². The number of unbranched alkanes of at least 4 members (excludes halogenated alkanes) is 2. The van der Waals surface area contributed by atoms with Crippen LogP contribution in [0.4, 0.5) is 5.95 Å². The third kappa shape index (κ3) is 4.81. The first-order chi connectivity index (χ1) is 8.54. The fourth-order valence-corrected chi connectivity index (χ4v) is 1.95. The number of aryl methyl sites for hydroxylation is 1. The SMILES string of the molecule is Cc1cc(C(C)C)nc(N(C)CCCCCCl)n1. The normalized spacial score (nSPS) is 11.0.